The molecule has 0 bridgehead atoms. The van der Waals surface area contributed by atoms with Gasteiger partial charge in [-0.15, -0.1) is 0 Å². The van der Waals surface area contributed by atoms with E-state index in [9.17, 15) is 4.79 Å². The number of rotatable bonds is 4. The SMILES string of the molecule is COC(=O)[C@@H]1CCO[C@@H]1[Si](C)(c1ccccc1)c1ccccc1. The first-order valence-corrected chi connectivity index (χ1v) is 10.6. The topological polar surface area (TPSA) is 35.5 Å². The Morgan fingerprint density at radius 2 is 1.57 bits per heavy atom. The molecule has 0 unspecified atom stereocenters. The first-order chi connectivity index (χ1) is 11.2. The molecule has 23 heavy (non-hydrogen) atoms. The summed E-state index contributed by atoms with van der Waals surface area (Å²) in [6, 6.07) is 20.9. The molecule has 1 fully saturated rings. The van der Waals surface area contributed by atoms with Gasteiger partial charge in [0, 0.05) is 6.61 Å². The van der Waals surface area contributed by atoms with Crippen molar-refractivity contribution in [3.8, 4) is 0 Å². The predicted octanol–water partition coefficient (Wildman–Crippen LogP) is 2.00. The van der Waals surface area contributed by atoms with Crippen LogP contribution < -0.4 is 10.4 Å². The van der Waals surface area contributed by atoms with Crippen LogP contribution in [-0.2, 0) is 14.3 Å². The van der Waals surface area contributed by atoms with Gasteiger partial charge in [-0.25, -0.2) is 0 Å². The van der Waals surface area contributed by atoms with E-state index in [-0.39, 0.29) is 17.6 Å². The molecule has 3 rings (SSSR count). The Hall–Kier alpha value is -1.91. The van der Waals surface area contributed by atoms with Crippen LogP contribution >= 0.6 is 0 Å². The van der Waals surface area contributed by atoms with E-state index < -0.39 is 8.07 Å². The van der Waals surface area contributed by atoms with Crippen LogP contribution in [-0.4, -0.2) is 33.5 Å². The monoisotopic (exact) mass is 326 g/mol. The van der Waals surface area contributed by atoms with E-state index in [0.717, 1.165) is 6.42 Å². The Bertz CT molecular complexity index is 617. The second-order valence-corrected chi connectivity index (χ2v) is 10.3. The third-order valence-corrected chi connectivity index (χ3v) is 9.68. The first kappa shape index (κ1) is 16.0. The molecule has 2 atom stereocenters. The van der Waals surface area contributed by atoms with Gasteiger partial charge >= 0.3 is 5.97 Å². The molecule has 1 aliphatic heterocycles. The number of esters is 1. The Balaban J connectivity index is 2.11. The van der Waals surface area contributed by atoms with Crippen molar-refractivity contribution in [1.29, 1.82) is 0 Å². The summed E-state index contributed by atoms with van der Waals surface area (Å²) in [6.07, 6.45) is 0.736. The highest BCUT2D eigenvalue weighted by Crippen LogP contribution is 2.29. The van der Waals surface area contributed by atoms with Crippen molar-refractivity contribution in [3.63, 3.8) is 0 Å². The van der Waals surface area contributed by atoms with Crippen LogP contribution in [0, 0.1) is 5.92 Å². The van der Waals surface area contributed by atoms with Crippen LogP contribution in [0.15, 0.2) is 60.7 Å². The number of hydrogen-bond donors (Lipinski definition) is 0. The molecule has 1 saturated heterocycles. The normalized spacial score (nSPS) is 21.1. The van der Waals surface area contributed by atoms with Crippen molar-refractivity contribution in [2.45, 2.75) is 18.7 Å². The third-order valence-electron chi connectivity index (χ3n) is 4.91. The number of hydrogen-bond acceptors (Lipinski definition) is 3. The molecule has 1 heterocycles. The van der Waals surface area contributed by atoms with Crippen LogP contribution in [0.4, 0.5) is 0 Å². The van der Waals surface area contributed by atoms with Gasteiger partial charge in [-0.05, 0) is 6.42 Å². The Labute approximate surface area is 138 Å². The van der Waals surface area contributed by atoms with Gasteiger partial charge < -0.3 is 9.47 Å². The number of carbonyl (C=O) groups excluding carboxylic acids is 1. The minimum atomic E-state index is -2.23. The fourth-order valence-electron chi connectivity index (χ4n) is 3.62. The molecular weight excluding hydrogens is 304 g/mol. The van der Waals surface area contributed by atoms with E-state index in [1.807, 2.05) is 12.1 Å². The highest BCUT2D eigenvalue weighted by molar-refractivity contribution is 7.02. The van der Waals surface area contributed by atoms with Crippen LogP contribution in [0.3, 0.4) is 0 Å². The zero-order valence-electron chi connectivity index (χ0n) is 13.6. The molecule has 120 valence electrons. The van der Waals surface area contributed by atoms with Crippen molar-refractivity contribution in [3.05, 3.63) is 60.7 Å². The van der Waals surface area contributed by atoms with E-state index in [1.54, 1.807) is 0 Å². The summed E-state index contributed by atoms with van der Waals surface area (Å²) in [4.78, 5) is 12.3. The third kappa shape index (κ3) is 2.84. The van der Waals surface area contributed by atoms with Crippen LogP contribution in [0.1, 0.15) is 6.42 Å². The zero-order chi connectivity index (χ0) is 16.3. The van der Waals surface area contributed by atoms with Crippen LogP contribution in [0.25, 0.3) is 0 Å². The molecule has 0 radical (unpaired) electrons. The predicted molar refractivity (Wildman–Crippen MR) is 93.6 cm³/mol. The minimum absolute atomic E-state index is 0.0975. The van der Waals surface area contributed by atoms with E-state index in [1.165, 1.54) is 17.5 Å². The summed E-state index contributed by atoms with van der Waals surface area (Å²) in [5.74, 6) is -0.338. The zero-order valence-corrected chi connectivity index (χ0v) is 14.6. The molecule has 0 aromatic heterocycles. The van der Waals surface area contributed by atoms with Gasteiger partial charge in [-0.2, -0.15) is 0 Å². The lowest BCUT2D eigenvalue weighted by Gasteiger charge is -2.36. The Morgan fingerprint density at radius 1 is 1.04 bits per heavy atom. The van der Waals surface area contributed by atoms with Crippen molar-refractivity contribution in [2.75, 3.05) is 13.7 Å². The van der Waals surface area contributed by atoms with Crippen molar-refractivity contribution in [1.82, 2.24) is 0 Å². The number of methoxy groups -OCH3 is 1. The van der Waals surface area contributed by atoms with Crippen molar-refractivity contribution < 1.29 is 14.3 Å². The Morgan fingerprint density at radius 3 is 2.04 bits per heavy atom. The summed E-state index contributed by atoms with van der Waals surface area (Å²) >= 11 is 0. The maximum absolute atomic E-state index is 12.3. The molecule has 3 nitrogen and oxygen atoms in total. The highest BCUT2D eigenvalue weighted by Gasteiger charge is 2.50. The summed E-state index contributed by atoms with van der Waals surface area (Å²) in [7, 11) is -0.774. The molecule has 0 saturated carbocycles. The standard InChI is InChI=1S/C19H22O3Si/c1-21-18(20)17-13-14-22-19(17)23(2,15-9-5-3-6-10-15)16-11-7-4-8-12-16/h3-12,17,19H,13-14H2,1-2H3/t17-,19+/m0/s1. The summed E-state index contributed by atoms with van der Waals surface area (Å²) in [6.45, 7) is 2.91. The van der Waals surface area contributed by atoms with Gasteiger partial charge in [0.2, 0.25) is 0 Å². The van der Waals surface area contributed by atoms with Gasteiger partial charge in [-0.3, -0.25) is 4.79 Å². The van der Waals surface area contributed by atoms with Crippen molar-refractivity contribution in [2.24, 2.45) is 5.92 Å². The molecule has 4 heteroatoms. The second kappa shape index (κ2) is 6.68. The number of carbonyl (C=O) groups is 1. The van der Waals surface area contributed by atoms with Crippen LogP contribution in [0.2, 0.25) is 6.55 Å². The fourth-order valence-corrected chi connectivity index (χ4v) is 7.93. The summed E-state index contributed by atoms with van der Waals surface area (Å²) in [5.41, 5.74) is -0.0975. The second-order valence-electron chi connectivity index (χ2n) is 6.14. The maximum atomic E-state index is 12.3. The van der Waals surface area contributed by atoms with Crippen LogP contribution in [0.5, 0.6) is 0 Å². The summed E-state index contributed by atoms with van der Waals surface area (Å²) < 4.78 is 11.2. The van der Waals surface area contributed by atoms with Gasteiger partial charge in [0.15, 0.2) is 0 Å². The number of ether oxygens (including phenoxy) is 2. The van der Waals surface area contributed by atoms with Gasteiger partial charge in [-0.1, -0.05) is 77.6 Å². The van der Waals surface area contributed by atoms with Gasteiger partial charge in [0.25, 0.3) is 0 Å². The highest BCUT2D eigenvalue weighted by atomic mass is 28.3. The molecule has 0 spiro atoms. The van der Waals surface area contributed by atoms with Gasteiger partial charge in [0.05, 0.1) is 18.8 Å². The molecule has 2 aromatic carbocycles. The van der Waals surface area contributed by atoms with E-state index in [4.69, 9.17) is 9.47 Å². The van der Waals surface area contributed by atoms with E-state index >= 15 is 0 Å². The minimum Gasteiger partial charge on any atom is -0.469 e. The molecule has 0 N–H and O–H groups in total. The molecule has 2 aromatic rings. The summed E-state index contributed by atoms with van der Waals surface area (Å²) in [5, 5.41) is 2.57. The van der Waals surface area contributed by atoms with Gasteiger partial charge in [0.1, 0.15) is 8.07 Å². The lowest BCUT2D eigenvalue weighted by Crippen LogP contribution is -2.66. The molecule has 0 aliphatic carbocycles. The quantitative estimate of drug-likeness (QED) is 0.637. The molecule has 1 aliphatic rings. The average Bonchev–Trinajstić information content (AvgIpc) is 3.12. The molecule has 0 amide bonds. The Kier molecular flexibility index (Phi) is 4.64. The molecular formula is C19H22O3Si. The lowest BCUT2D eigenvalue weighted by atomic mass is 10.1. The number of benzene rings is 2. The lowest BCUT2D eigenvalue weighted by molar-refractivity contribution is -0.146. The average molecular weight is 326 g/mol. The largest absolute Gasteiger partial charge is 0.469 e. The van der Waals surface area contributed by atoms with E-state index in [0.29, 0.717) is 6.61 Å². The fraction of sp³-hybridized carbons (Fsp3) is 0.316. The van der Waals surface area contributed by atoms with E-state index in [2.05, 4.69) is 55.1 Å². The smallest absolute Gasteiger partial charge is 0.311 e. The maximum Gasteiger partial charge on any atom is 0.311 e. The van der Waals surface area contributed by atoms with Crippen molar-refractivity contribution >= 4 is 24.4 Å². The first-order valence-electron chi connectivity index (χ1n) is 7.98.